The van der Waals surface area contributed by atoms with E-state index < -0.39 is 21.3 Å². The average Bonchev–Trinajstić information content (AvgIpc) is 3.24. The number of ether oxygens (including phenoxy) is 1. The summed E-state index contributed by atoms with van der Waals surface area (Å²) in [5, 5.41) is 86.9. The summed E-state index contributed by atoms with van der Waals surface area (Å²) in [4.78, 5) is 20.1. The molecule has 0 bridgehead atoms. The molecule has 0 heterocycles. The largest absolute Gasteiger partial charge is 3.00 e. The molecule has 0 saturated carbocycles. The molecule has 6 rings (SSSR count). The molecule has 0 aliphatic carbocycles. The van der Waals surface area contributed by atoms with Crippen LogP contribution in [0.2, 0.25) is 0 Å². The summed E-state index contributed by atoms with van der Waals surface area (Å²) in [6.45, 7) is 6.98. The Morgan fingerprint density at radius 1 is 0.633 bits per heavy atom. The quantitative estimate of drug-likeness (QED) is 0.0442. The molecular formula is C43H44CrN7O9. The number of nitrogens with zero attached hydrogens (tertiary/aromatic N) is 6. The van der Waals surface area contributed by atoms with Crippen LogP contribution in [0.4, 0.5) is 34.1 Å². The fourth-order valence-corrected chi connectivity index (χ4v) is 5.61. The normalized spacial score (nSPS) is 11.4. The molecule has 0 aliphatic heterocycles. The third-order valence-electron chi connectivity index (χ3n) is 8.94. The maximum Gasteiger partial charge on any atom is 3.00 e. The molecule has 0 aromatic heterocycles. The van der Waals surface area contributed by atoms with E-state index >= 15 is 0 Å². The van der Waals surface area contributed by atoms with Crippen molar-refractivity contribution in [3.63, 3.8) is 0 Å². The second-order valence-electron chi connectivity index (χ2n) is 13.1. The van der Waals surface area contributed by atoms with Crippen molar-refractivity contribution in [2.24, 2.45) is 32.1 Å². The molecule has 60 heavy (non-hydrogen) atoms. The van der Waals surface area contributed by atoms with E-state index in [1.807, 2.05) is 24.3 Å². The molecule has 6 aromatic rings. The fraction of sp³-hybridized carbons (Fsp3) is 0.256. The summed E-state index contributed by atoms with van der Waals surface area (Å²) in [5.41, 5.74) is 4.76. The van der Waals surface area contributed by atoms with Gasteiger partial charge in [0, 0.05) is 48.3 Å². The zero-order valence-electron chi connectivity index (χ0n) is 34.0. The van der Waals surface area contributed by atoms with E-state index in [2.05, 4.69) is 34.3 Å². The Bertz CT molecular complexity index is 2420. The molecular weight excluding hydrogens is 811 g/mol. The first kappa shape index (κ1) is 47.9. The number of hydrogen-bond donors (Lipinski definition) is 1. The van der Waals surface area contributed by atoms with E-state index in [9.17, 15) is 40.7 Å². The number of rotatable bonds is 15. The molecule has 1 radical (unpaired) electrons. The number of nitro benzene ring substituents is 2. The molecule has 1 unspecified atom stereocenters. The average molecular weight is 855 g/mol. The Morgan fingerprint density at radius 3 is 1.67 bits per heavy atom. The van der Waals surface area contributed by atoms with Gasteiger partial charge < -0.3 is 30.9 Å². The summed E-state index contributed by atoms with van der Waals surface area (Å²) in [6, 6.07) is 26.8. The van der Waals surface area contributed by atoms with Gasteiger partial charge in [-0.3, -0.25) is 20.2 Å². The van der Waals surface area contributed by atoms with Gasteiger partial charge in [0.05, 0.1) is 32.6 Å². The number of nitro groups is 2. The number of benzene rings is 6. The third kappa shape index (κ3) is 13.8. The van der Waals surface area contributed by atoms with Crippen molar-refractivity contribution < 1.29 is 53.8 Å². The maximum absolute atomic E-state index is 12.0. The summed E-state index contributed by atoms with van der Waals surface area (Å²) in [6.07, 6.45) is 6.17. The number of hydrogen-bond acceptors (Lipinski definition) is 14. The van der Waals surface area contributed by atoms with Crippen LogP contribution in [0.25, 0.3) is 21.5 Å². The van der Waals surface area contributed by atoms with Crippen LogP contribution in [-0.2, 0) is 22.1 Å². The number of fused-ring (bicyclic) bond motifs is 2. The molecule has 17 heteroatoms. The first-order valence-corrected chi connectivity index (χ1v) is 18.9. The third-order valence-corrected chi connectivity index (χ3v) is 8.94. The molecule has 0 spiro atoms. The van der Waals surface area contributed by atoms with E-state index in [-0.39, 0.29) is 64.4 Å². The SMILES string of the molecule is CCCCC(CC)COCCCN.O=[N+]([O-])c1ccc(N=Nc2c([O-])ccc3ccccc23)c([O-])c1.O=[N+]([O-])c1ccc([O-])c(N=Nc2c([O-])ccc3ccccc23)c1.[Cr+3].[H+]. The first-order valence-electron chi connectivity index (χ1n) is 18.9. The van der Waals surface area contributed by atoms with E-state index in [0.717, 1.165) is 73.2 Å². The van der Waals surface area contributed by atoms with Gasteiger partial charge in [-0.25, -0.2) is 0 Å². The van der Waals surface area contributed by atoms with Crippen molar-refractivity contribution in [3.8, 4) is 23.0 Å². The van der Waals surface area contributed by atoms with Gasteiger partial charge in [-0.2, -0.15) is 20.5 Å². The van der Waals surface area contributed by atoms with Crippen LogP contribution in [0.15, 0.2) is 130 Å². The van der Waals surface area contributed by atoms with Gasteiger partial charge in [-0.15, -0.1) is 0 Å². The second kappa shape index (κ2) is 24.4. The van der Waals surface area contributed by atoms with Gasteiger partial charge in [-0.1, -0.05) is 135 Å². The summed E-state index contributed by atoms with van der Waals surface area (Å²) in [5.74, 6) is -1.03. The number of azo groups is 2. The van der Waals surface area contributed by atoms with Crippen LogP contribution in [0, 0.1) is 26.1 Å². The van der Waals surface area contributed by atoms with Crippen molar-refractivity contribution >= 4 is 55.7 Å². The Balaban J connectivity index is 0.000000324. The summed E-state index contributed by atoms with van der Waals surface area (Å²) < 4.78 is 5.54. The second-order valence-corrected chi connectivity index (χ2v) is 13.1. The van der Waals surface area contributed by atoms with E-state index in [4.69, 9.17) is 10.5 Å². The Labute approximate surface area is 358 Å². The van der Waals surface area contributed by atoms with Gasteiger partial charge in [0.25, 0.3) is 11.4 Å². The van der Waals surface area contributed by atoms with Gasteiger partial charge >= 0.3 is 18.8 Å². The van der Waals surface area contributed by atoms with Crippen molar-refractivity contribution in [1.29, 1.82) is 0 Å². The van der Waals surface area contributed by atoms with Gasteiger partial charge in [0.1, 0.15) is 0 Å². The van der Waals surface area contributed by atoms with Crippen LogP contribution >= 0.6 is 0 Å². The molecule has 6 aromatic carbocycles. The van der Waals surface area contributed by atoms with Crippen molar-refractivity contribution in [1.82, 2.24) is 0 Å². The molecule has 0 saturated heterocycles. The van der Waals surface area contributed by atoms with Crippen molar-refractivity contribution in [2.45, 2.75) is 46.0 Å². The topological polar surface area (TPSA) is 263 Å². The Hall–Kier alpha value is -6.51. The number of non-ortho nitro benzene ring substituents is 2. The zero-order valence-corrected chi connectivity index (χ0v) is 34.2. The minimum atomic E-state index is -0.664. The minimum absolute atomic E-state index is 0. The van der Waals surface area contributed by atoms with Crippen LogP contribution in [0.5, 0.6) is 23.0 Å². The zero-order chi connectivity index (χ0) is 42.7. The van der Waals surface area contributed by atoms with E-state index in [0.29, 0.717) is 10.8 Å². The molecule has 1 atom stereocenters. The first-order chi connectivity index (χ1) is 28.5. The molecule has 2 N–H and O–H groups in total. The minimum Gasteiger partial charge on any atom is -0.871 e. The van der Waals surface area contributed by atoms with Gasteiger partial charge in [-0.05, 0) is 42.1 Å². The summed E-state index contributed by atoms with van der Waals surface area (Å²) in [7, 11) is 0. The maximum atomic E-state index is 12.0. The monoisotopic (exact) mass is 854 g/mol. The van der Waals surface area contributed by atoms with Crippen LogP contribution in [0.3, 0.4) is 0 Å². The van der Waals surface area contributed by atoms with Crippen LogP contribution in [0.1, 0.15) is 47.4 Å². The van der Waals surface area contributed by atoms with Crippen molar-refractivity contribution in [2.75, 3.05) is 19.8 Å². The Morgan fingerprint density at radius 2 is 1.15 bits per heavy atom. The van der Waals surface area contributed by atoms with Crippen LogP contribution in [-0.4, -0.2) is 29.6 Å². The smallest absolute Gasteiger partial charge is 0.871 e. The molecule has 0 amide bonds. The summed E-state index contributed by atoms with van der Waals surface area (Å²) >= 11 is 0. The molecule has 16 nitrogen and oxygen atoms in total. The number of nitrogens with two attached hydrogens (primary N) is 1. The van der Waals surface area contributed by atoms with E-state index in [1.54, 1.807) is 36.4 Å². The predicted molar refractivity (Wildman–Crippen MR) is 219 cm³/mol. The molecule has 311 valence electrons. The van der Waals surface area contributed by atoms with Crippen molar-refractivity contribution in [3.05, 3.63) is 129 Å². The predicted octanol–water partition coefficient (Wildman–Crippen LogP) is 9.30. The fourth-order valence-electron chi connectivity index (χ4n) is 5.61. The Kier molecular flexibility index (Phi) is 19.5. The standard InChI is InChI=1S/2C16H11N3O4.C11H25NO.Cr/c20-14-8-5-10-3-1-2-4-12(10)16(14)18-17-13-7-6-11(19(22)23)9-15(13)21;20-14-8-6-11(19(22)23)9-13(14)17-18-16-12-4-2-1-3-10(12)5-7-15(16)21;1-3-5-7-11(4-2)10-13-9-6-8-12;/h2*1-9,20-21H;11H,3-10,12H2,1-2H3;/q;;;+3/p-3. The van der Waals surface area contributed by atoms with Crippen LogP contribution < -0.4 is 26.2 Å². The van der Waals surface area contributed by atoms with Gasteiger partial charge in [0.15, 0.2) is 0 Å². The molecule has 0 fully saturated rings. The molecule has 0 aliphatic rings. The van der Waals surface area contributed by atoms with E-state index in [1.165, 1.54) is 43.9 Å². The number of unbranched alkanes of at least 4 members (excludes halogenated alkanes) is 1. The van der Waals surface area contributed by atoms with Gasteiger partial charge in [0.2, 0.25) is 0 Å².